The molecular formula is C29H26F3N3O4S. The van der Waals surface area contributed by atoms with Crippen molar-refractivity contribution in [2.75, 3.05) is 6.54 Å². The number of Topliss-reactive ketones (excluding diaryl/α,β-unsaturated/α-hetero) is 1. The Morgan fingerprint density at radius 3 is 2.35 bits per heavy atom. The highest BCUT2D eigenvalue weighted by atomic mass is 32.1. The number of amides is 2. The summed E-state index contributed by atoms with van der Waals surface area (Å²) < 4.78 is 43.7. The van der Waals surface area contributed by atoms with Crippen molar-refractivity contribution in [2.45, 2.75) is 32.8 Å². The van der Waals surface area contributed by atoms with Gasteiger partial charge in [-0.15, -0.1) is 13.2 Å². The van der Waals surface area contributed by atoms with E-state index in [-0.39, 0.29) is 43.2 Å². The Labute approximate surface area is 232 Å². The molecule has 208 valence electrons. The highest BCUT2D eigenvalue weighted by molar-refractivity contribution is 7.08. The molecule has 0 radical (unpaired) electrons. The number of carbonyl (C=O) groups is 3. The number of ether oxygens (including phenoxy) is 1. The summed E-state index contributed by atoms with van der Waals surface area (Å²) in [6, 6.07) is 17.8. The number of ketones is 1. The molecule has 0 aliphatic heterocycles. The van der Waals surface area contributed by atoms with Crippen molar-refractivity contribution < 1.29 is 32.3 Å². The normalized spacial score (nSPS) is 11.3. The van der Waals surface area contributed by atoms with E-state index < -0.39 is 23.8 Å². The summed E-state index contributed by atoms with van der Waals surface area (Å²) in [6.07, 6.45) is -4.75. The monoisotopic (exact) mass is 569 g/mol. The molecule has 4 rings (SSSR count). The molecule has 0 aliphatic carbocycles. The Balaban J connectivity index is 1.64. The second kappa shape index (κ2) is 12.2. The third kappa shape index (κ3) is 7.38. The van der Waals surface area contributed by atoms with Gasteiger partial charge in [0.1, 0.15) is 5.75 Å². The van der Waals surface area contributed by atoms with Gasteiger partial charge in [-0.3, -0.25) is 14.4 Å². The van der Waals surface area contributed by atoms with Gasteiger partial charge in [-0.05, 0) is 58.6 Å². The maximum Gasteiger partial charge on any atom is 0.573 e. The van der Waals surface area contributed by atoms with Gasteiger partial charge in [-0.2, -0.15) is 11.3 Å². The summed E-state index contributed by atoms with van der Waals surface area (Å²) in [5.74, 6) is -1.87. The average Bonchev–Trinajstić information content (AvgIpc) is 3.51. The van der Waals surface area contributed by atoms with Crippen LogP contribution in [0.15, 0.2) is 77.5 Å². The zero-order valence-electron chi connectivity index (χ0n) is 21.5. The Kier molecular flexibility index (Phi) is 8.73. The van der Waals surface area contributed by atoms with Crippen LogP contribution in [0.2, 0.25) is 0 Å². The lowest BCUT2D eigenvalue weighted by atomic mass is 10.1. The number of halogens is 3. The van der Waals surface area contributed by atoms with Crippen LogP contribution >= 0.6 is 11.3 Å². The van der Waals surface area contributed by atoms with E-state index in [1.807, 2.05) is 47.2 Å². The highest BCUT2D eigenvalue weighted by Gasteiger charge is 2.31. The Morgan fingerprint density at radius 2 is 1.70 bits per heavy atom. The maximum atomic E-state index is 13.7. The molecule has 0 unspecified atom stereocenters. The van der Waals surface area contributed by atoms with Gasteiger partial charge in [0.25, 0.3) is 5.91 Å². The lowest BCUT2D eigenvalue weighted by Gasteiger charge is -2.23. The quantitative estimate of drug-likeness (QED) is 0.246. The van der Waals surface area contributed by atoms with Gasteiger partial charge in [-0.1, -0.05) is 42.5 Å². The number of hydrogen-bond donors (Lipinski definition) is 1. The van der Waals surface area contributed by atoms with Crippen LogP contribution < -0.4 is 10.5 Å². The van der Waals surface area contributed by atoms with Crippen molar-refractivity contribution >= 4 is 28.9 Å². The third-order valence-electron chi connectivity index (χ3n) is 6.23. The number of nitrogens with two attached hydrogens (primary N) is 1. The van der Waals surface area contributed by atoms with E-state index >= 15 is 0 Å². The first kappa shape index (κ1) is 28.6. The summed E-state index contributed by atoms with van der Waals surface area (Å²) in [5, 5.41) is 3.73. The Morgan fingerprint density at radius 1 is 0.975 bits per heavy atom. The smallest absolute Gasteiger partial charge is 0.406 e. The highest BCUT2D eigenvalue weighted by Crippen LogP contribution is 2.25. The van der Waals surface area contributed by atoms with E-state index in [0.29, 0.717) is 11.3 Å². The van der Waals surface area contributed by atoms with E-state index in [1.165, 1.54) is 45.1 Å². The molecule has 0 saturated carbocycles. The van der Waals surface area contributed by atoms with Gasteiger partial charge in [0, 0.05) is 18.8 Å². The summed E-state index contributed by atoms with van der Waals surface area (Å²) in [5.41, 5.74) is 8.19. The Hall–Kier alpha value is -4.38. The van der Waals surface area contributed by atoms with Crippen LogP contribution in [0.5, 0.6) is 5.75 Å². The van der Waals surface area contributed by atoms with E-state index in [1.54, 1.807) is 13.0 Å². The number of thiophene rings is 1. The number of rotatable bonds is 11. The van der Waals surface area contributed by atoms with Gasteiger partial charge in [0.15, 0.2) is 5.78 Å². The van der Waals surface area contributed by atoms with Crippen molar-refractivity contribution in [3.63, 3.8) is 0 Å². The van der Waals surface area contributed by atoms with Gasteiger partial charge < -0.3 is 19.9 Å². The van der Waals surface area contributed by atoms with Gasteiger partial charge in [0.2, 0.25) is 5.91 Å². The lowest BCUT2D eigenvalue weighted by molar-refractivity contribution is -0.274. The van der Waals surface area contributed by atoms with Crippen molar-refractivity contribution in [1.82, 2.24) is 9.47 Å². The first-order chi connectivity index (χ1) is 19.0. The molecule has 2 amide bonds. The Bertz CT molecular complexity index is 1500. The van der Waals surface area contributed by atoms with Crippen LogP contribution in [0, 0.1) is 6.92 Å². The number of primary amides is 1. The third-order valence-corrected chi connectivity index (χ3v) is 6.96. The minimum Gasteiger partial charge on any atom is -0.406 e. The number of hydrogen-bond acceptors (Lipinski definition) is 5. The zero-order valence-corrected chi connectivity index (χ0v) is 22.3. The minimum absolute atomic E-state index is 0.0310. The number of nitrogens with zero attached hydrogens (tertiary/aromatic N) is 2. The van der Waals surface area contributed by atoms with Gasteiger partial charge in [0.05, 0.1) is 24.2 Å². The molecule has 2 aromatic heterocycles. The molecule has 2 N–H and O–H groups in total. The average molecular weight is 570 g/mol. The fourth-order valence-corrected chi connectivity index (χ4v) is 4.99. The molecule has 0 atom stereocenters. The second-order valence-electron chi connectivity index (χ2n) is 9.14. The molecule has 0 saturated heterocycles. The molecule has 2 aromatic carbocycles. The molecular weight excluding hydrogens is 543 g/mol. The first-order valence-electron chi connectivity index (χ1n) is 12.2. The summed E-state index contributed by atoms with van der Waals surface area (Å²) in [6.45, 7) is 1.47. The van der Waals surface area contributed by atoms with Gasteiger partial charge in [-0.25, -0.2) is 0 Å². The molecule has 0 fully saturated rings. The van der Waals surface area contributed by atoms with E-state index in [9.17, 15) is 27.6 Å². The predicted molar refractivity (Wildman–Crippen MR) is 144 cm³/mol. The van der Waals surface area contributed by atoms with Crippen LogP contribution in [0.25, 0.3) is 0 Å². The summed E-state index contributed by atoms with van der Waals surface area (Å²) in [7, 11) is 0. The van der Waals surface area contributed by atoms with Gasteiger partial charge >= 0.3 is 6.36 Å². The largest absolute Gasteiger partial charge is 0.573 e. The number of aromatic nitrogens is 1. The lowest BCUT2D eigenvalue weighted by Crippen LogP contribution is -2.37. The molecule has 0 aliphatic rings. The maximum absolute atomic E-state index is 13.7. The fraction of sp³-hybridized carbons (Fsp3) is 0.207. The molecule has 40 heavy (non-hydrogen) atoms. The number of carbonyl (C=O) groups excluding carboxylic acids is 3. The van der Waals surface area contributed by atoms with E-state index in [2.05, 4.69) is 4.74 Å². The molecule has 11 heteroatoms. The molecule has 0 bridgehead atoms. The molecule has 4 aromatic rings. The number of benzene rings is 2. The van der Waals surface area contributed by atoms with Crippen molar-refractivity contribution in [3.8, 4) is 5.75 Å². The summed E-state index contributed by atoms with van der Waals surface area (Å²) >= 11 is 1.47. The van der Waals surface area contributed by atoms with Crippen LogP contribution in [-0.4, -0.2) is 40.0 Å². The molecule has 0 spiro atoms. The van der Waals surface area contributed by atoms with E-state index in [0.717, 1.165) is 11.1 Å². The SMILES string of the molecule is Cc1c(C(N)=O)cc(C(=O)CN(Cc2ccccc2)C(=O)Cc2ccsc2)n1Cc1cccc(OC(F)(F)F)c1. The van der Waals surface area contributed by atoms with Crippen molar-refractivity contribution in [1.29, 1.82) is 0 Å². The zero-order chi connectivity index (χ0) is 28.9. The standard InChI is InChI=1S/C29H26F3N3O4S/c1-19-24(28(33)38)14-25(35(19)16-21-8-5-9-23(12-21)39-29(30,31)32)26(36)17-34(15-20-6-3-2-4-7-20)27(37)13-22-10-11-40-18-22/h2-12,14,18H,13,15-17H2,1H3,(H2,33,38). The van der Waals surface area contributed by atoms with E-state index in [4.69, 9.17) is 5.73 Å². The fourth-order valence-electron chi connectivity index (χ4n) is 4.32. The van der Waals surface area contributed by atoms with Crippen LogP contribution in [0.4, 0.5) is 13.2 Å². The van der Waals surface area contributed by atoms with Crippen LogP contribution in [0.3, 0.4) is 0 Å². The second-order valence-corrected chi connectivity index (χ2v) is 9.92. The minimum atomic E-state index is -4.86. The molecule has 7 nitrogen and oxygen atoms in total. The predicted octanol–water partition coefficient (Wildman–Crippen LogP) is 5.36. The van der Waals surface area contributed by atoms with Crippen molar-refractivity contribution in [3.05, 3.63) is 111 Å². The first-order valence-corrected chi connectivity index (χ1v) is 13.1. The topological polar surface area (TPSA) is 94.6 Å². The number of alkyl halides is 3. The molecule has 2 heterocycles. The van der Waals surface area contributed by atoms with Crippen molar-refractivity contribution in [2.24, 2.45) is 5.73 Å². The van der Waals surface area contributed by atoms with Crippen LogP contribution in [0.1, 0.15) is 43.2 Å². The van der Waals surface area contributed by atoms with Crippen LogP contribution in [-0.2, 0) is 24.3 Å². The summed E-state index contributed by atoms with van der Waals surface area (Å²) in [4.78, 5) is 40.5.